The molecule has 0 aliphatic heterocycles. The molecule has 2 aromatic heterocycles. The van der Waals surface area contributed by atoms with E-state index in [1.165, 1.54) is 0 Å². The summed E-state index contributed by atoms with van der Waals surface area (Å²) in [6, 6.07) is 20.4. The van der Waals surface area contributed by atoms with E-state index in [0.29, 0.717) is 0 Å². The number of nitrogens with zero attached hydrogens (tertiary/aromatic N) is 1. The maximum absolute atomic E-state index is 5.50. The summed E-state index contributed by atoms with van der Waals surface area (Å²) in [5.74, 6) is 0.749. The lowest BCUT2D eigenvalue weighted by molar-refractivity contribution is 0.403. The van der Waals surface area contributed by atoms with Crippen LogP contribution in [0, 0.1) is 0 Å². The van der Waals surface area contributed by atoms with Crippen LogP contribution in [-0.2, 0) is 0 Å². The van der Waals surface area contributed by atoms with Crippen LogP contribution in [-0.4, -0.2) is 17.1 Å². The second-order valence-corrected chi connectivity index (χ2v) is 4.97. The number of H-pyrrole nitrogens is 1. The first kappa shape index (κ1) is 12.0. The van der Waals surface area contributed by atoms with Gasteiger partial charge in [-0.2, -0.15) is 0 Å². The van der Waals surface area contributed by atoms with E-state index in [2.05, 4.69) is 23.2 Å². The second-order valence-electron chi connectivity index (χ2n) is 4.97. The first-order valence-corrected chi connectivity index (χ1v) is 6.87. The highest BCUT2D eigenvalue weighted by molar-refractivity contribution is 5.99. The number of hydrogen-bond acceptors (Lipinski definition) is 2. The average molecular weight is 274 g/mol. The van der Waals surface area contributed by atoms with Gasteiger partial charge in [0.25, 0.3) is 0 Å². The van der Waals surface area contributed by atoms with Crippen molar-refractivity contribution in [1.29, 1.82) is 0 Å². The van der Waals surface area contributed by atoms with E-state index in [-0.39, 0.29) is 0 Å². The molecule has 4 aromatic rings. The van der Waals surface area contributed by atoms with Gasteiger partial charge in [-0.25, -0.2) is 4.98 Å². The van der Waals surface area contributed by atoms with Crippen molar-refractivity contribution >= 4 is 21.8 Å². The minimum absolute atomic E-state index is 0.749. The summed E-state index contributed by atoms with van der Waals surface area (Å²) in [5.41, 5.74) is 3.98. The Balaban J connectivity index is 2.03. The Morgan fingerprint density at radius 3 is 2.62 bits per heavy atom. The number of rotatable bonds is 2. The fourth-order valence-electron chi connectivity index (χ4n) is 2.73. The topological polar surface area (TPSA) is 37.9 Å². The van der Waals surface area contributed by atoms with E-state index in [1.54, 1.807) is 7.11 Å². The number of fused-ring (bicyclic) bond motifs is 2. The molecule has 21 heavy (non-hydrogen) atoms. The smallest absolute Gasteiger partial charge is 0.201 e. The molecule has 102 valence electrons. The van der Waals surface area contributed by atoms with Crippen molar-refractivity contribution in [3.63, 3.8) is 0 Å². The number of ether oxygens (including phenoxy) is 1. The number of nitrogens with one attached hydrogen (secondary N) is 1. The fraction of sp³-hybridized carbons (Fsp3) is 0.0556. The molecule has 0 aliphatic rings. The molecule has 0 radical (unpaired) electrons. The van der Waals surface area contributed by atoms with Gasteiger partial charge in [-0.3, -0.25) is 0 Å². The molecule has 0 spiro atoms. The maximum atomic E-state index is 5.50. The molecule has 2 heterocycles. The van der Waals surface area contributed by atoms with Crippen LogP contribution in [0.2, 0.25) is 0 Å². The number of benzene rings is 2. The maximum Gasteiger partial charge on any atom is 0.201 e. The zero-order valence-corrected chi connectivity index (χ0v) is 11.6. The lowest BCUT2D eigenvalue weighted by Crippen LogP contribution is -1.89. The Labute approximate surface area is 122 Å². The van der Waals surface area contributed by atoms with E-state index < -0.39 is 0 Å². The fourth-order valence-corrected chi connectivity index (χ4v) is 2.73. The number of methoxy groups -OCH3 is 1. The third-order valence-corrected chi connectivity index (χ3v) is 3.73. The summed E-state index contributed by atoms with van der Waals surface area (Å²) in [6.45, 7) is 0. The number of para-hydroxylation sites is 2. The molecule has 0 amide bonds. The molecule has 0 aliphatic carbocycles. The van der Waals surface area contributed by atoms with Crippen molar-refractivity contribution < 1.29 is 4.74 Å². The third kappa shape index (κ3) is 1.86. The Hall–Kier alpha value is -2.81. The van der Waals surface area contributed by atoms with Crippen molar-refractivity contribution in [1.82, 2.24) is 9.97 Å². The SMILES string of the molecule is COc1[nH]c2ccccc2c1-c1ccc2ccccc2n1. The summed E-state index contributed by atoms with van der Waals surface area (Å²) >= 11 is 0. The zero-order valence-electron chi connectivity index (χ0n) is 11.6. The molecule has 2 aromatic carbocycles. The van der Waals surface area contributed by atoms with Crippen molar-refractivity contribution in [3.05, 3.63) is 60.7 Å². The third-order valence-electron chi connectivity index (χ3n) is 3.73. The molecule has 1 N–H and O–H groups in total. The van der Waals surface area contributed by atoms with Crippen LogP contribution in [0.5, 0.6) is 5.88 Å². The van der Waals surface area contributed by atoms with Crippen molar-refractivity contribution in [3.8, 4) is 17.1 Å². The molecule has 0 unspecified atom stereocenters. The van der Waals surface area contributed by atoms with Gasteiger partial charge in [0.15, 0.2) is 0 Å². The lowest BCUT2D eigenvalue weighted by Gasteiger charge is -2.05. The quantitative estimate of drug-likeness (QED) is 0.588. The summed E-state index contributed by atoms with van der Waals surface area (Å²) < 4.78 is 5.50. The van der Waals surface area contributed by atoms with Crippen LogP contribution in [0.15, 0.2) is 60.7 Å². The first-order valence-electron chi connectivity index (χ1n) is 6.87. The minimum atomic E-state index is 0.749. The Bertz CT molecular complexity index is 940. The van der Waals surface area contributed by atoms with E-state index in [4.69, 9.17) is 9.72 Å². The first-order chi connectivity index (χ1) is 10.4. The molecular weight excluding hydrogens is 260 g/mol. The van der Waals surface area contributed by atoms with Crippen LogP contribution in [0.1, 0.15) is 0 Å². The van der Waals surface area contributed by atoms with Gasteiger partial charge < -0.3 is 9.72 Å². The molecule has 3 nitrogen and oxygen atoms in total. The Morgan fingerprint density at radius 2 is 1.71 bits per heavy atom. The summed E-state index contributed by atoms with van der Waals surface area (Å²) in [6.07, 6.45) is 0. The molecule has 0 fully saturated rings. The standard InChI is InChI=1S/C18H14N2O/c1-21-18-17(13-7-3-5-9-15(13)20-18)16-11-10-12-6-2-4-8-14(12)19-16/h2-11,20H,1H3. The van der Waals surface area contributed by atoms with E-state index >= 15 is 0 Å². The van der Waals surface area contributed by atoms with Gasteiger partial charge >= 0.3 is 0 Å². The predicted octanol–water partition coefficient (Wildman–Crippen LogP) is 4.39. The van der Waals surface area contributed by atoms with E-state index in [0.717, 1.165) is 38.9 Å². The molecule has 3 heteroatoms. The number of hydrogen-bond donors (Lipinski definition) is 1. The summed E-state index contributed by atoms with van der Waals surface area (Å²) in [5, 5.41) is 2.26. The van der Waals surface area contributed by atoms with Gasteiger partial charge in [-0.1, -0.05) is 42.5 Å². The van der Waals surface area contributed by atoms with Gasteiger partial charge in [0.2, 0.25) is 5.88 Å². The largest absolute Gasteiger partial charge is 0.482 e. The molecule has 0 atom stereocenters. The van der Waals surface area contributed by atoms with Crippen LogP contribution in [0.3, 0.4) is 0 Å². The summed E-state index contributed by atoms with van der Waals surface area (Å²) in [4.78, 5) is 8.07. The van der Waals surface area contributed by atoms with E-state index in [1.807, 2.05) is 42.5 Å². The predicted molar refractivity (Wildman–Crippen MR) is 85.6 cm³/mol. The zero-order chi connectivity index (χ0) is 14.2. The lowest BCUT2D eigenvalue weighted by atomic mass is 10.1. The summed E-state index contributed by atoms with van der Waals surface area (Å²) in [7, 11) is 1.68. The molecule has 0 saturated carbocycles. The molecule has 0 saturated heterocycles. The van der Waals surface area contributed by atoms with Gasteiger partial charge in [0.05, 0.1) is 23.9 Å². The normalized spacial score (nSPS) is 11.1. The van der Waals surface area contributed by atoms with Gasteiger partial charge in [-0.05, 0) is 18.2 Å². The van der Waals surface area contributed by atoms with Gasteiger partial charge in [0.1, 0.15) is 0 Å². The monoisotopic (exact) mass is 274 g/mol. The van der Waals surface area contributed by atoms with E-state index in [9.17, 15) is 0 Å². The van der Waals surface area contributed by atoms with Gasteiger partial charge in [-0.15, -0.1) is 0 Å². The minimum Gasteiger partial charge on any atom is -0.482 e. The van der Waals surface area contributed by atoms with Crippen molar-refractivity contribution in [2.24, 2.45) is 0 Å². The van der Waals surface area contributed by atoms with Crippen molar-refractivity contribution in [2.45, 2.75) is 0 Å². The van der Waals surface area contributed by atoms with Crippen LogP contribution in [0.25, 0.3) is 33.1 Å². The Kier molecular flexibility index (Phi) is 2.64. The average Bonchev–Trinajstić information content (AvgIpc) is 2.93. The molecule has 0 bridgehead atoms. The van der Waals surface area contributed by atoms with Crippen LogP contribution < -0.4 is 4.74 Å². The van der Waals surface area contributed by atoms with Gasteiger partial charge in [0, 0.05) is 16.3 Å². The van der Waals surface area contributed by atoms with Crippen molar-refractivity contribution in [2.75, 3.05) is 7.11 Å². The number of pyridine rings is 1. The van der Waals surface area contributed by atoms with Crippen LogP contribution >= 0.6 is 0 Å². The highest BCUT2D eigenvalue weighted by Crippen LogP contribution is 2.36. The van der Waals surface area contributed by atoms with Crippen LogP contribution in [0.4, 0.5) is 0 Å². The highest BCUT2D eigenvalue weighted by Gasteiger charge is 2.15. The Morgan fingerprint density at radius 1 is 0.905 bits per heavy atom. The molecular formula is C18H14N2O. The number of aromatic amines is 1. The highest BCUT2D eigenvalue weighted by atomic mass is 16.5. The molecule has 4 rings (SSSR count). The number of aromatic nitrogens is 2. The second kappa shape index (κ2) is 4.63.